The Balaban J connectivity index is 1.72. The fourth-order valence-corrected chi connectivity index (χ4v) is 2.20. The molecule has 6 heteroatoms. The number of ether oxygens (including phenoxy) is 1. The molecule has 22 heavy (non-hydrogen) atoms. The number of methoxy groups -OCH3 is 1. The van der Waals surface area contributed by atoms with Crippen molar-refractivity contribution < 1.29 is 9.53 Å². The highest BCUT2D eigenvalue weighted by atomic mass is 16.5. The molecule has 112 valence electrons. The van der Waals surface area contributed by atoms with Gasteiger partial charge in [-0.2, -0.15) is 5.10 Å². The first-order chi connectivity index (χ1) is 10.7. The topological polar surface area (TPSA) is 79.9 Å². The lowest BCUT2D eigenvalue weighted by Gasteiger charge is -2.04. The highest BCUT2D eigenvalue weighted by Gasteiger charge is 2.10. The van der Waals surface area contributed by atoms with E-state index in [9.17, 15) is 4.79 Å². The summed E-state index contributed by atoms with van der Waals surface area (Å²) in [6.07, 6.45) is 0.275. The van der Waals surface area contributed by atoms with Crippen LogP contribution in [-0.2, 0) is 11.2 Å². The molecule has 0 atom stereocenters. The molecule has 0 spiro atoms. The monoisotopic (exact) mass is 296 g/mol. The minimum Gasteiger partial charge on any atom is -0.497 e. The average Bonchev–Trinajstić information content (AvgIpc) is 2.90. The number of carbonyl (C=O) groups is 1. The second-order valence-corrected chi connectivity index (χ2v) is 4.99. The number of nitrogens with zero attached hydrogens (tertiary/aromatic N) is 2. The quantitative estimate of drug-likeness (QED) is 0.775. The van der Waals surface area contributed by atoms with Crippen molar-refractivity contribution in [1.82, 2.24) is 15.2 Å². The molecule has 6 nitrogen and oxygen atoms in total. The third-order valence-corrected chi connectivity index (χ3v) is 3.34. The zero-order chi connectivity index (χ0) is 15.5. The molecule has 0 radical (unpaired) electrons. The predicted molar refractivity (Wildman–Crippen MR) is 84.0 cm³/mol. The van der Waals surface area contributed by atoms with Crippen molar-refractivity contribution in [2.75, 3.05) is 12.4 Å². The van der Waals surface area contributed by atoms with Crippen molar-refractivity contribution in [1.29, 1.82) is 0 Å². The van der Waals surface area contributed by atoms with Crippen LogP contribution in [0.1, 0.15) is 11.3 Å². The molecule has 3 rings (SSSR count). The van der Waals surface area contributed by atoms with Crippen molar-refractivity contribution in [3.63, 3.8) is 0 Å². The number of H-pyrrole nitrogens is 1. The van der Waals surface area contributed by atoms with Gasteiger partial charge in [0.1, 0.15) is 5.75 Å². The number of nitrogens with one attached hydrogen (secondary N) is 2. The van der Waals surface area contributed by atoms with Crippen LogP contribution in [-0.4, -0.2) is 28.2 Å². The Hall–Kier alpha value is -2.89. The number of carbonyl (C=O) groups excluding carboxylic acids is 1. The van der Waals surface area contributed by atoms with Crippen LogP contribution in [0.4, 0.5) is 5.82 Å². The molecule has 0 bridgehead atoms. The summed E-state index contributed by atoms with van der Waals surface area (Å²) in [6.45, 7) is 1.90. The fourth-order valence-electron chi connectivity index (χ4n) is 2.20. The number of anilines is 1. The summed E-state index contributed by atoms with van der Waals surface area (Å²) in [5.74, 6) is 1.14. The lowest BCUT2D eigenvalue weighted by molar-refractivity contribution is -0.115. The Morgan fingerprint density at radius 1 is 1.23 bits per heavy atom. The van der Waals surface area contributed by atoms with E-state index in [1.54, 1.807) is 7.11 Å². The second kappa shape index (κ2) is 5.85. The van der Waals surface area contributed by atoms with E-state index in [2.05, 4.69) is 20.5 Å². The molecule has 0 aliphatic heterocycles. The van der Waals surface area contributed by atoms with Crippen LogP contribution in [0, 0.1) is 6.92 Å². The fraction of sp³-hybridized carbons (Fsp3) is 0.188. The highest BCUT2D eigenvalue weighted by Crippen LogP contribution is 2.19. The smallest absolute Gasteiger partial charge is 0.230 e. The number of amides is 1. The van der Waals surface area contributed by atoms with Gasteiger partial charge in [0.2, 0.25) is 5.91 Å². The van der Waals surface area contributed by atoms with Gasteiger partial charge in [0, 0.05) is 5.69 Å². The van der Waals surface area contributed by atoms with Crippen LogP contribution in [0.3, 0.4) is 0 Å². The van der Waals surface area contributed by atoms with Gasteiger partial charge in [-0.3, -0.25) is 9.89 Å². The van der Waals surface area contributed by atoms with E-state index < -0.39 is 0 Å². The van der Waals surface area contributed by atoms with E-state index in [0.717, 1.165) is 22.4 Å². The van der Waals surface area contributed by atoms with Crippen LogP contribution in [0.15, 0.2) is 36.4 Å². The molecule has 2 N–H and O–H groups in total. The van der Waals surface area contributed by atoms with E-state index in [4.69, 9.17) is 4.74 Å². The Morgan fingerprint density at radius 2 is 2.00 bits per heavy atom. The number of benzene rings is 1. The molecule has 0 aliphatic carbocycles. The van der Waals surface area contributed by atoms with Gasteiger partial charge in [-0.15, -0.1) is 0 Å². The van der Waals surface area contributed by atoms with Gasteiger partial charge in [-0.1, -0.05) is 12.1 Å². The predicted octanol–water partition coefficient (Wildman–Crippen LogP) is 2.46. The maximum atomic E-state index is 12.1. The van der Waals surface area contributed by atoms with Crippen LogP contribution >= 0.6 is 0 Å². The van der Waals surface area contributed by atoms with E-state index in [1.807, 2.05) is 43.3 Å². The van der Waals surface area contributed by atoms with Gasteiger partial charge in [-0.05, 0) is 36.8 Å². The van der Waals surface area contributed by atoms with Crippen molar-refractivity contribution in [3.8, 4) is 5.75 Å². The van der Waals surface area contributed by atoms with Crippen molar-refractivity contribution >= 4 is 22.8 Å². The maximum Gasteiger partial charge on any atom is 0.230 e. The maximum absolute atomic E-state index is 12.1. The molecule has 1 aromatic carbocycles. The number of hydrogen-bond donors (Lipinski definition) is 2. The first kappa shape index (κ1) is 14.1. The number of rotatable bonds is 4. The molecule has 0 aliphatic rings. The van der Waals surface area contributed by atoms with Crippen molar-refractivity contribution in [2.45, 2.75) is 13.3 Å². The zero-order valence-electron chi connectivity index (χ0n) is 12.4. The lowest BCUT2D eigenvalue weighted by Crippen LogP contribution is -2.14. The van der Waals surface area contributed by atoms with Gasteiger partial charge in [-0.25, -0.2) is 4.98 Å². The van der Waals surface area contributed by atoms with Crippen molar-refractivity contribution in [2.24, 2.45) is 0 Å². The standard InChI is InChI=1S/C16H16N4O2/c1-10-3-8-13-15(17-10)19-20-16(13)18-14(21)9-11-4-6-12(22-2)7-5-11/h3-8H,9H2,1-2H3,(H2,17,18,19,20,21). The highest BCUT2D eigenvalue weighted by molar-refractivity contribution is 5.99. The SMILES string of the molecule is COc1ccc(CC(=O)Nc2n[nH]c3nc(C)ccc23)cc1. The summed E-state index contributed by atoms with van der Waals surface area (Å²) in [5.41, 5.74) is 2.47. The normalized spacial score (nSPS) is 10.6. The molecule has 0 saturated heterocycles. The molecule has 1 amide bonds. The Morgan fingerprint density at radius 3 is 2.73 bits per heavy atom. The summed E-state index contributed by atoms with van der Waals surface area (Å²) < 4.78 is 5.10. The molecule has 0 fully saturated rings. The summed E-state index contributed by atoms with van der Waals surface area (Å²) in [6, 6.07) is 11.2. The number of pyridine rings is 1. The third-order valence-electron chi connectivity index (χ3n) is 3.34. The Labute approximate surface area is 127 Å². The number of fused-ring (bicyclic) bond motifs is 1. The third kappa shape index (κ3) is 2.90. The number of aryl methyl sites for hydroxylation is 1. The molecule has 0 unspecified atom stereocenters. The van der Waals surface area contributed by atoms with Crippen LogP contribution in [0.2, 0.25) is 0 Å². The largest absolute Gasteiger partial charge is 0.497 e. The first-order valence-corrected chi connectivity index (χ1v) is 6.90. The second-order valence-electron chi connectivity index (χ2n) is 4.99. The van der Waals surface area contributed by atoms with Gasteiger partial charge in [0.25, 0.3) is 0 Å². The Bertz CT molecular complexity index is 809. The van der Waals surface area contributed by atoms with E-state index in [0.29, 0.717) is 11.5 Å². The van der Waals surface area contributed by atoms with E-state index >= 15 is 0 Å². The summed E-state index contributed by atoms with van der Waals surface area (Å²) in [5, 5.41) is 10.5. The zero-order valence-corrected chi connectivity index (χ0v) is 12.4. The van der Waals surface area contributed by atoms with Gasteiger partial charge < -0.3 is 10.1 Å². The van der Waals surface area contributed by atoms with Crippen LogP contribution < -0.4 is 10.1 Å². The number of hydrogen-bond acceptors (Lipinski definition) is 4. The van der Waals surface area contributed by atoms with Gasteiger partial charge >= 0.3 is 0 Å². The molecule has 0 saturated carbocycles. The molecule has 2 heterocycles. The summed E-state index contributed by atoms with van der Waals surface area (Å²) in [4.78, 5) is 16.5. The first-order valence-electron chi connectivity index (χ1n) is 6.90. The van der Waals surface area contributed by atoms with Gasteiger partial charge in [0.05, 0.1) is 18.9 Å². The van der Waals surface area contributed by atoms with Crippen LogP contribution in [0.25, 0.3) is 11.0 Å². The van der Waals surface area contributed by atoms with E-state index in [-0.39, 0.29) is 12.3 Å². The minimum absolute atomic E-state index is 0.126. The molecule has 3 aromatic rings. The average molecular weight is 296 g/mol. The molecule has 2 aromatic heterocycles. The number of aromatic amines is 1. The Kier molecular flexibility index (Phi) is 3.74. The molecular weight excluding hydrogens is 280 g/mol. The van der Waals surface area contributed by atoms with Gasteiger partial charge in [0.15, 0.2) is 11.5 Å². The number of aromatic nitrogens is 3. The molecular formula is C16H16N4O2. The van der Waals surface area contributed by atoms with Crippen molar-refractivity contribution in [3.05, 3.63) is 47.7 Å². The lowest BCUT2D eigenvalue weighted by atomic mass is 10.1. The minimum atomic E-state index is -0.126. The van der Waals surface area contributed by atoms with E-state index in [1.165, 1.54) is 0 Å². The van der Waals surface area contributed by atoms with Crippen LogP contribution in [0.5, 0.6) is 5.75 Å². The summed E-state index contributed by atoms with van der Waals surface area (Å²) in [7, 11) is 1.61. The summed E-state index contributed by atoms with van der Waals surface area (Å²) >= 11 is 0.